The first-order valence-electron chi connectivity index (χ1n) is 13.1. The fourth-order valence-corrected chi connectivity index (χ4v) is 4.49. The molecular weight excluding hydrogens is 482 g/mol. The molecule has 0 saturated carbocycles. The van der Waals surface area contributed by atoms with Crippen molar-refractivity contribution in [2.75, 3.05) is 7.11 Å². The number of esters is 1. The number of rotatable bonds is 13. The van der Waals surface area contributed by atoms with Crippen LogP contribution in [0.2, 0.25) is 0 Å². The summed E-state index contributed by atoms with van der Waals surface area (Å²) in [6, 6.07) is 19.4. The Balaban J connectivity index is 1.71. The number of Topliss-reactive ketones (excluding diaryl/α,β-unsaturated/α-hetero) is 1. The van der Waals surface area contributed by atoms with Gasteiger partial charge in [0.1, 0.15) is 18.0 Å². The molecule has 0 amide bonds. The topological polar surface area (TPSA) is 95.0 Å². The summed E-state index contributed by atoms with van der Waals surface area (Å²) < 4.78 is 17.3. The monoisotopic (exact) mass is 519 g/mol. The van der Waals surface area contributed by atoms with Crippen LogP contribution in [0.1, 0.15) is 57.4 Å². The van der Waals surface area contributed by atoms with Crippen molar-refractivity contribution in [3.05, 3.63) is 72.6 Å². The molecule has 0 radical (unpaired) electrons. The Morgan fingerprint density at radius 3 is 2.29 bits per heavy atom. The lowest BCUT2D eigenvalue weighted by Gasteiger charge is -2.31. The third-order valence-corrected chi connectivity index (χ3v) is 6.76. The lowest BCUT2D eigenvalue weighted by atomic mass is 9.92. The van der Waals surface area contributed by atoms with Gasteiger partial charge in [-0.2, -0.15) is 0 Å². The molecule has 1 N–H and O–H groups in total. The van der Waals surface area contributed by atoms with Crippen LogP contribution in [-0.2, 0) is 9.53 Å². The molecule has 7 nitrogen and oxygen atoms in total. The molecule has 0 unspecified atom stereocenters. The molecule has 38 heavy (non-hydrogen) atoms. The second-order valence-corrected chi connectivity index (χ2v) is 9.43. The van der Waals surface area contributed by atoms with Crippen LogP contribution in [0, 0.1) is 11.8 Å². The fourth-order valence-electron chi connectivity index (χ4n) is 4.49. The number of methoxy groups -OCH3 is 1. The van der Waals surface area contributed by atoms with E-state index in [2.05, 4.69) is 18.8 Å². The smallest absolute Gasteiger partial charge is 0.309 e. The first-order valence-corrected chi connectivity index (χ1v) is 13.1. The van der Waals surface area contributed by atoms with E-state index in [-0.39, 0.29) is 35.6 Å². The zero-order valence-electron chi connectivity index (χ0n) is 22.7. The van der Waals surface area contributed by atoms with Gasteiger partial charge < -0.3 is 19.3 Å². The van der Waals surface area contributed by atoms with Crippen molar-refractivity contribution in [1.82, 2.24) is 4.98 Å². The largest absolute Gasteiger partial charge is 0.503 e. The van der Waals surface area contributed by atoms with E-state index in [1.54, 1.807) is 6.92 Å². The molecule has 202 valence electrons. The third kappa shape index (κ3) is 7.12. The summed E-state index contributed by atoms with van der Waals surface area (Å²) >= 11 is 0. The molecule has 0 spiro atoms. The Morgan fingerprint density at radius 2 is 1.63 bits per heavy atom. The van der Waals surface area contributed by atoms with Gasteiger partial charge in [0.05, 0.1) is 13.0 Å². The molecule has 0 bridgehead atoms. The number of hydrogen-bond donors (Lipinski definition) is 1. The Kier molecular flexibility index (Phi) is 10.3. The van der Waals surface area contributed by atoms with Gasteiger partial charge in [-0.1, -0.05) is 63.2 Å². The predicted molar refractivity (Wildman–Crippen MR) is 146 cm³/mol. The van der Waals surface area contributed by atoms with Gasteiger partial charge >= 0.3 is 5.97 Å². The zero-order chi connectivity index (χ0) is 27.7. The Hall–Kier alpha value is -3.87. The van der Waals surface area contributed by atoms with Gasteiger partial charge in [-0.25, -0.2) is 4.98 Å². The molecule has 3 aromatic rings. The molecule has 1 aromatic heterocycles. The molecule has 0 aliphatic carbocycles. The van der Waals surface area contributed by atoms with Gasteiger partial charge in [0, 0.05) is 18.7 Å². The van der Waals surface area contributed by atoms with Gasteiger partial charge in [0.25, 0.3) is 0 Å². The lowest BCUT2D eigenvalue weighted by Crippen LogP contribution is -2.40. The van der Waals surface area contributed by atoms with Crippen LogP contribution >= 0.6 is 0 Å². The summed E-state index contributed by atoms with van der Waals surface area (Å²) in [5.41, 5.74) is 2.00. The first kappa shape index (κ1) is 28.7. The number of benzene rings is 2. The fraction of sp³-hybridized carbons (Fsp3) is 0.387. The van der Waals surface area contributed by atoms with E-state index in [0.29, 0.717) is 5.75 Å². The number of nitrogens with zero attached hydrogens (tertiary/aromatic N) is 1. The van der Waals surface area contributed by atoms with Crippen LogP contribution in [-0.4, -0.2) is 41.2 Å². The molecule has 0 aliphatic heterocycles. The minimum atomic E-state index is -0.735. The molecule has 0 aliphatic rings. The summed E-state index contributed by atoms with van der Waals surface area (Å²) in [5.74, 6) is -1.04. The SMILES string of the molecule is CCC(CC)[C@@H](Oc1cccc(-c2ccccc2)c1)[C@H](C)OC(=O)[C@H](C)CC(=O)c1nccc(OC)c1O. The maximum Gasteiger partial charge on any atom is 0.309 e. The zero-order valence-corrected chi connectivity index (χ0v) is 22.7. The molecular formula is C31H37NO6. The molecule has 0 fully saturated rings. The van der Waals surface area contributed by atoms with Crippen molar-refractivity contribution >= 4 is 11.8 Å². The van der Waals surface area contributed by atoms with Crippen LogP contribution in [0.5, 0.6) is 17.2 Å². The van der Waals surface area contributed by atoms with Crippen molar-refractivity contribution < 1.29 is 28.9 Å². The van der Waals surface area contributed by atoms with Crippen molar-refractivity contribution in [2.24, 2.45) is 11.8 Å². The third-order valence-electron chi connectivity index (χ3n) is 6.76. The van der Waals surface area contributed by atoms with Gasteiger partial charge in [0.2, 0.25) is 0 Å². The second-order valence-electron chi connectivity index (χ2n) is 9.43. The quantitative estimate of drug-likeness (QED) is 0.204. The van der Waals surface area contributed by atoms with Crippen LogP contribution in [0.25, 0.3) is 11.1 Å². The summed E-state index contributed by atoms with van der Waals surface area (Å²) in [4.78, 5) is 29.7. The summed E-state index contributed by atoms with van der Waals surface area (Å²) in [6.45, 7) is 7.63. The Bertz CT molecular complexity index is 1210. The number of hydrogen-bond acceptors (Lipinski definition) is 7. The van der Waals surface area contributed by atoms with Crippen molar-refractivity contribution in [1.29, 1.82) is 0 Å². The summed E-state index contributed by atoms with van der Waals surface area (Å²) in [6.07, 6.45) is 2.02. The number of carbonyl (C=O) groups is 2. The molecule has 1 heterocycles. The summed E-state index contributed by atoms with van der Waals surface area (Å²) in [7, 11) is 1.39. The highest BCUT2D eigenvalue weighted by atomic mass is 16.6. The summed E-state index contributed by atoms with van der Waals surface area (Å²) in [5, 5.41) is 10.2. The van der Waals surface area contributed by atoms with E-state index >= 15 is 0 Å². The number of ketones is 1. The van der Waals surface area contributed by atoms with Gasteiger partial charge in [0.15, 0.2) is 23.0 Å². The van der Waals surface area contributed by atoms with E-state index in [1.807, 2.05) is 61.5 Å². The van der Waals surface area contributed by atoms with E-state index in [9.17, 15) is 14.7 Å². The highest BCUT2D eigenvalue weighted by Gasteiger charge is 2.32. The van der Waals surface area contributed by atoms with E-state index < -0.39 is 23.8 Å². The second kappa shape index (κ2) is 13.6. The average molecular weight is 520 g/mol. The molecule has 0 saturated heterocycles. The first-order chi connectivity index (χ1) is 18.3. The standard InChI is InChI=1S/C31H37NO6/c1-6-22(7-2)30(38-25-15-11-14-24(19-25)23-12-9-8-10-13-23)21(4)37-31(35)20(3)18-26(33)28-29(34)27(36-5)16-17-32-28/h8-17,19-22,30,34H,6-7,18H2,1-5H3/t20-,21+,30+/m1/s1. The predicted octanol–water partition coefficient (Wildman–Crippen LogP) is 6.49. The Morgan fingerprint density at radius 1 is 0.947 bits per heavy atom. The van der Waals surface area contributed by atoms with Crippen LogP contribution < -0.4 is 9.47 Å². The van der Waals surface area contributed by atoms with Crippen molar-refractivity contribution in [2.45, 2.75) is 59.2 Å². The van der Waals surface area contributed by atoms with Gasteiger partial charge in [-0.3, -0.25) is 9.59 Å². The number of aromatic hydroxyl groups is 1. The van der Waals surface area contributed by atoms with Crippen LogP contribution in [0.3, 0.4) is 0 Å². The van der Waals surface area contributed by atoms with Crippen molar-refractivity contribution in [3.63, 3.8) is 0 Å². The average Bonchev–Trinajstić information content (AvgIpc) is 2.93. The van der Waals surface area contributed by atoms with E-state index in [4.69, 9.17) is 14.2 Å². The highest BCUT2D eigenvalue weighted by molar-refractivity contribution is 5.99. The number of aromatic nitrogens is 1. The van der Waals surface area contributed by atoms with E-state index in [1.165, 1.54) is 19.4 Å². The van der Waals surface area contributed by atoms with Gasteiger partial charge in [-0.15, -0.1) is 0 Å². The van der Waals surface area contributed by atoms with E-state index in [0.717, 1.165) is 24.0 Å². The maximum atomic E-state index is 13.0. The number of carbonyl (C=O) groups excluding carboxylic acids is 2. The molecule has 3 rings (SSSR count). The molecule has 2 aromatic carbocycles. The minimum absolute atomic E-state index is 0.131. The van der Waals surface area contributed by atoms with Crippen LogP contribution in [0.15, 0.2) is 66.9 Å². The Labute approximate surface area is 224 Å². The van der Waals surface area contributed by atoms with Crippen molar-refractivity contribution in [3.8, 4) is 28.4 Å². The molecule has 7 heteroatoms. The maximum absolute atomic E-state index is 13.0. The van der Waals surface area contributed by atoms with Crippen LogP contribution in [0.4, 0.5) is 0 Å². The minimum Gasteiger partial charge on any atom is -0.503 e. The number of ether oxygens (including phenoxy) is 3. The number of pyridine rings is 1. The normalized spacial score (nSPS) is 13.4. The van der Waals surface area contributed by atoms with Gasteiger partial charge in [-0.05, 0) is 48.9 Å². The lowest BCUT2D eigenvalue weighted by molar-refractivity contribution is -0.158. The highest BCUT2D eigenvalue weighted by Crippen LogP contribution is 2.30. The molecule has 3 atom stereocenters.